The number of amides is 1. The average Bonchev–Trinajstić information content (AvgIpc) is 2.79. The summed E-state index contributed by atoms with van der Waals surface area (Å²) in [5.74, 6) is 0.391. The topological polar surface area (TPSA) is 78.5 Å². The Hall–Kier alpha value is -1.15. The molecule has 0 saturated carbocycles. The van der Waals surface area contributed by atoms with E-state index in [1.54, 1.807) is 19.1 Å². The van der Waals surface area contributed by atoms with E-state index in [-0.39, 0.29) is 24.4 Å². The largest absolute Gasteiger partial charge is 0.342 e. The van der Waals surface area contributed by atoms with Gasteiger partial charge in [0.05, 0.1) is 4.90 Å². The number of hydrogen-bond acceptors (Lipinski definition) is 4. The second-order valence-electron chi connectivity index (χ2n) is 7.13. The third-order valence-corrected chi connectivity index (χ3v) is 6.86. The van der Waals surface area contributed by atoms with Crippen molar-refractivity contribution in [3.63, 3.8) is 0 Å². The monoisotopic (exact) mass is 401 g/mol. The first kappa shape index (κ1) is 21.2. The Morgan fingerprint density at radius 3 is 2.58 bits per heavy atom. The number of benzene rings is 1. The lowest BCUT2D eigenvalue weighted by atomic mass is 9.96. The Bertz CT molecular complexity index is 754. The summed E-state index contributed by atoms with van der Waals surface area (Å²) in [4.78, 5) is 13.7. The van der Waals surface area contributed by atoms with Gasteiger partial charge in [-0.25, -0.2) is 13.1 Å². The second kappa shape index (κ2) is 8.69. The molecule has 0 spiro atoms. The van der Waals surface area contributed by atoms with Crippen LogP contribution in [0.4, 0.5) is 0 Å². The van der Waals surface area contributed by atoms with Crippen LogP contribution in [-0.4, -0.2) is 51.4 Å². The molecule has 2 unspecified atom stereocenters. The quantitative estimate of drug-likeness (QED) is 0.800. The predicted molar refractivity (Wildman–Crippen MR) is 104 cm³/mol. The summed E-state index contributed by atoms with van der Waals surface area (Å²) < 4.78 is 28.4. The number of hydrogen-bond donors (Lipinski definition) is 2. The number of sulfonamides is 1. The zero-order valence-corrected chi connectivity index (χ0v) is 17.0. The predicted octanol–water partition coefficient (Wildman–Crippen LogP) is 1.33. The van der Waals surface area contributed by atoms with Crippen LogP contribution >= 0.6 is 12.4 Å². The SMILES string of the molecule is CC(=O)N1CCc2ccc(S(=O)(=O)NC3CNCCC3C)cc2CC1.Cl. The lowest BCUT2D eigenvalue weighted by Crippen LogP contribution is -2.50. The van der Waals surface area contributed by atoms with E-state index in [1.165, 1.54) is 0 Å². The molecule has 1 fully saturated rings. The molecular weight excluding hydrogens is 374 g/mol. The summed E-state index contributed by atoms with van der Waals surface area (Å²) in [7, 11) is -3.54. The summed E-state index contributed by atoms with van der Waals surface area (Å²) in [6.07, 6.45) is 2.43. The number of carbonyl (C=O) groups excluding carboxylic acids is 1. The van der Waals surface area contributed by atoms with Gasteiger partial charge in [0.15, 0.2) is 0 Å². The van der Waals surface area contributed by atoms with Crippen molar-refractivity contribution in [1.82, 2.24) is 14.9 Å². The van der Waals surface area contributed by atoms with Gasteiger partial charge in [0.25, 0.3) is 0 Å². The van der Waals surface area contributed by atoms with Crippen LogP contribution in [-0.2, 0) is 27.7 Å². The van der Waals surface area contributed by atoms with Crippen molar-refractivity contribution in [1.29, 1.82) is 0 Å². The van der Waals surface area contributed by atoms with Crippen molar-refractivity contribution < 1.29 is 13.2 Å². The molecule has 26 heavy (non-hydrogen) atoms. The van der Waals surface area contributed by atoms with Crippen molar-refractivity contribution in [3.8, 4) is 0 Å². The van der Waals surface area contributed by atoms with Crippen molar-refractivity contribution in [2.24, 2.45) is 5.92 Å². The van der Waals surface area contributed by atoms with E-state index < -0.39 is 10.0 Å². The molecule has 0 aliphatic carbocycles. The smallest absolute Gasteiger partial charge is 0.240 e. The number of fused-ring (bicyclic) bond motifs is 1. The summed E-state index contributed by atoms with van der Waals surface area (Å²) in [6.45, 7) is 6.60. The van der Waals surface area contributed by atoms with Crippen LogP contribution in [0.15, 0.2) is 23.1 Å². The molecule has 2 aliphatic heterocycles. The highest BCUT2D eigenvalue weighted by Crippen LogP contribution is 2.22. The fourth-order valence-electron chi connectivity index (χ4n) is 3.60. The van der Waals surface area contributed by atoms with Gasteiger partial charge in [0.1, 0.15) is 0 Å². The maximum absolute atomic E-state index is 12.8. The molecule has 0 aromatic heterocycles. The molecule has 0 bridgehead atoms. The van der Waals surface area contributed by atoms with E-state index in [0.717, 1.165) is 30.5 Å². The van der Waals surface area contributed by atoms with Gasteiger partial charge in [-0.05, 0) is 55.0 Å². The van der Waals surface area contributed by atoms with Crippen LogP contribution in [0.1, 0.15) is 31.4 Å². The first-order valence-corrected chi connectivity index (χ1v) is 10.5. The van der Waals surface area contributed by atoms with Gasteiger partial charge in [-0.15, -0.1) is 12.4 Å². The van der Waals surface area contributed by atoms with E-state index in [0.29, 0.717) is 36.9 Å². The Balaban J connectivity index is 0.00000243. The fraction of sp³-hybridized carbons (Fsp3) is 0.611. The van der Waals surface area contributed by atoms with E-state index in [1.807, 2.05) is 11.0 Å². The van der Waals surface area contributed by atoms with Crippen LogP contribution in [0.5, 0.6) is 0 Å². The molecule has 2 N–H and O–H groups in total. The van der Waals surface area contributed by atoms with Crippen LogP contribution in [0, 0.1) is 5.92 Å². The van der Waals surface area contributed by atoms with Crippen molar-refractivity contribution in [2.75, 3.05) is 26.2 Å². The van der Waals surface area contributed by atoms with E-state index in [2.05, 4.69) is 17.0 Å². The zero-order chi connectivity index (χ0) is 18.0. The maximum atomic E-state index is 12.8. The third kappa shape index (κ3) is 4.76. The molecule has 1 amide bonds. The highest BCUT2D eigenvalue weighted by molar-refractivity contribution is 7.89. The lowest BCUT2D eigenvalue weighted by molar-refractivity contribution is -0.128. The molecular formula is C18H28ClN3O3S. The van der Waals surface area contributed by atoms with Gasteiger partial charge >= 0.3 is 0 Å². The third-order valence-electron chi connectivity index (χ3n) is 5.37. The van der Waals surface area contributed by atoms with E-state index >= 15 is 0 Å². The summed E-state index contributed by atoms with van der Waals surface area (Å²) in [5, 5.41) is 3.25. The minimum absolute atomic E-state index is 0. The van der Waals surface area contributed by atoms with Gasteiger partial charge in [0, 0.05) is 32.6 Å². The van der Waals surface area contributed by atoms with Gasteiger partial charge in [-0.2, -0.15) is 0 Å². The average molecular weight is 402 g/mol. The van der Waals surface area contributed by atoms with E-state index in [9.17, 15) is 13.2 Å². The van der Waals surface area contributed by atoms with Crippen molar-refractivity contribution in [2.45, 2.75) is 44.0 Å². The molecule has 1 aromatic carbocycles. The standard InChI is InChI=1S/C18H27N3O3S.ClH/c1-13-5-8-19-12-18(13)20-25(23,24)17-4-3-15-6-9-21(14(2)22)10-7-16(15)11-17;/h3-4,11,13,18-20H,5-10,12H2,1-2H3;1H. The Morgan fingerprint density at radius 2 is 1.92 bits per heavy atom. The molecule has 6 nitrogen and oxygen atoms in total. The summed E-state index contributed by atoms with van der Waals surface area (Å²) >= 11 is 0. The number of carbonyl (C=O) groups is 1. The van der Waals surface area contributed by atoms with E-state index in [4.69, 9.17) is 0 Å². The minimum Gasteiger partial charge on any atom is -0.342 e. The molecule has 1 saturated heterocycles. The molecule has 2 heterocycles. The highest BCUT2D eigenvalue weighted by Gasteiger charge is 2.27. The van der Waals surface area contributed by atoms with Gasteiger partial charge in [0.2, 0.25) is 15.9 Å². The first-order chi connectivity index (χ1) is 11.9. The number of nitrogens with zero attached hydrogens (tertiary/aromatic N) is 1. The van der Waals surface area contributed by atoms with Crippen LogP contribution in [0.2, 0.25) is 0 Å². The Labute approximate surface area is 162 Å². The molecule has 0 radical (unpaired) electrons. The number of piperidine rings is 1. The summed E-state index contributed by atoms with van der Waals surface area (Å²) in [5.41, 5.74) is 2.16. The minimum atomic E-state index is -3.54. The van der Waals surface area contributed by atoms with Gasteiger partial charge in [-0.1, -0.05) is 13.0 Å². The highest BCUT2D eigenvalue weighted by atomic mass is 35.5. The number of nitrogens with one attached hydrogen (secondary N) is 2. The van der Waals surface area contributed by atoms with Crippen LogP contribution in [0.25, 0.3) is 0 Å². The van der Waals surface area contributed by atoms with Crippen LogP contribution < -0.4 is 10.0 Å². The summed E-state index contributed by atoms with van der Waals surface area (Å²) in [6, 6.07) is 5.29. The lowest BCUT2D eigenvalue weighted by Gasteiger charge is -2.30. The van der Waals surface area contributed by atoms with Crippen LogP contribution in [0.3, 0.4) is 0 Å². The first-order valence-electron chi connectivity index (χ1n) is 8.97. The van der Waals surface area contributed by atoms with Gasteiger partial charge in [-0.3, -0.25) is 4.79 Å². The normalized spacial score (nSPS) is 23.5. The Kier molecular flexibility index (Phi) is 7.07. The molecule has 2 aliphatic rings. The fourth-order valence-corrected chi connectivity index (χ4v) is 4.99. The molecule has 1 aromatic rings. The number of halogens is 1. The Morgan fingerprint density at radius 1 is 1.23 bits per heavy atom. The second-order valence-corrected chi connectivity index (χ2v) is 8.85. The molecule has 8 heteroatoms. The van der Waals surface area contributed by atoms with Crippen molar-refractivity contribution >= 4 is 28.3 Å². The molecule has 3 rings (SSSR count). The molecule has 2 atom stereocenters. The maximum Gasteiger partial charge on any atom is 0.240 e. The van der Waals surface area contributed by atoms with Gasteiger partial charge < -0.3 is 10.2 Å². The molecule has 146 valence electrons. The number of rotatable bonds is 3. The van der Waals surface area contributed by atoms with Crippen molar-refractivity contribution in [3.05, 3.63) is 29.3 Å². The zero-order valence-electron chi connectivity index (χ0n) is 15.3.